The molecule has 0 radical (unpaired) electrons. The van der Waals surface area contributed by atoms with E-state index < -0.39 is 0 Å². The molecule has 0 spiro atoms. The summed E-state index contributed by atoms with van der Waals surface area (Å²) in [5.41, 5.74) is 3.09. The van der Waals surface area contributed by atoms with E-state index in [0.717, 1.165) is 22.0 Å². The van der Waals surface area contributed by atoms with Crippen LogP contribution < -0.4 is 9.64 Å². The summed E-state index contributed by atoms with van der Waals surface area (Å²) in [4.78, 5) is 28.3. The summed E-state index contributed by atoms with van der Waals surface area (Å²) >= 11 is 0. The summed E-state index contributed by atoms with van der Waals surface area (Å²) in [6, 6.07) is 18.0. The first kappa shape index (κ1) is 21.2. The Morgan fingerprint density at radius 3 is 2.50 bits per heavy atom. The molecule has 1 amide bonds. The number of fused-ring (bicyclic) bond motifs is 1. The van der Waals surface area contributed by atoms with Crippen LogP contribution in [0.25, 0.3) is 22.0 Å². The average Bonchev–Trinajstić information content (AvgIpc) is 2.82. The highest BCUT2D eigenvalue weighted by atomic mass is 16.5. The van der Waals surface area contributed by atoms with E-state index in [1.54, 1.807) is 31.3 Å². The van der Waals surface area contributed by atoms with Gasteiger partial charge in [0.25, 0.3) is 0 Å². The molecule has 162 valence electrons. The van der Waals surface area contributed by atoms with Crippen LogP contribution in [0.1, 0.15) is 6.92 Å². The minimum absolute atomic E-state index is 0.0319. The van der Waals surface area contributed by atoms with Gasteiger partial charge in [-0.25, -0.2) is 0 Å². The number of amides is 1. The van der Waals surface area contributed by atoms with Crippen molar-refractivity contribution in [1.29, 1.82) is 0 Å². The number of hydrogen-bond acceptors (Lipinski definition) is 6. The van der Waals surface area contributed by atoms with Crippen LogP contribution in [0.15, 0.2) is 73.2 Å². The normalized spacial score (nSPS) is 10.7. The molecule has 4 rings (SSSR count). The number of nitrogens with zero attached hydrogens (tertiary/aromatic N) is 5. The van der Waals surface area contributed by atoms with Gasteiger partial charge in [0.15, 0.2) is 5.82 Å². The van der Waals surface area contributed by atoms with Crippen LogP contribution in [0.3, 0.4) is 0 Å². The van der Waals surface area contributed by atoms with Crippen molar-refractivity contribution in [3.8, 4) is 22.8 Å². The molecule has 0 fully saturated rings. The maximum absolute atomic E-state index is 11.4. The van der Waals surface area contributed by atoms with Gasteiger partial charge in [0, 0.05) is 51.3 Å². The SMILES string of the molecule is CC(=O)N(C)CCN(C)c1cncc(Oc2ccc(-c3cnc4ccccc4c3)cc2)n1. The molecule has 0 aliphatic heterocycles. The first-order valence-electron chi connectivity index (χ1n) is 10.4. The number of carbonyl (C=O) groups excluding carboxylic acids is 1. The molecule has 0 aliphatic rings. The van der Waals surface area contributed by atoms with Gasteiger partial charge >= 0.3 is 0 Å². The molecule has 0 aliphatic carbocycles. The number of likely N-dealkylation sites (N-methyl/N-ethyl adjacent to an activating group) is 2. The standard InChI is InChI=1S/C25H25N5O2/c1-18(31)29(2)12-13-30(3)24-16-26-17-25(28-24)32-22-10-8-19(9-11-22)21-14-20-6-4-5-7-23(20)27-15-21/h4-11,14-17H,12-13H2,1-3H3. The fraction of sp³-hybridized carbons (Fsp3) is 0.200. The Kier molecular flexibility index (Phi) is 6.26. The van der Waals surface area contributed by atoms with Crippen LogP contribution in [-0.4, -0.2) is 52.9 Å². The van der Waals surface area contributed by atoms with Gasteiger partial charge in [0.2, 0.25) is 11.8 Å². The predicted octanol–water partition coefficient (Wildman–Crippen LogP) is 4.40. The molecule has 0 saturated heterocycles. The Bertz CT molecular complexity index is 1230. The third-order valence-corrected chi connectivity index (χ3v) is 5.30. The lowest BCUT2D eigenvalue weighted by Crippen LogP contribution is -2.33. The maximum atomic E-state index is 11.4. The zero-order chi connectivity index (χ0) is 22.5. The molecule has 7 heteroatoms. The number of ether oxygens (including phenoxy) is 1. The zero-order valence-electron chi connectivity index (χ0n) is 18.4. The Balaban J connectivity index is 1.44. The molecular weight excluding hydrogens is 402 g/mol. The lowest BCUT2D eigenvalue weighted by atomic mass is 10.1. The molecule has 0 unspecified atom stereocenters. The first-order chi connectivity index (χ1) is 15.5. The topological polar surface area (TPSA) is 71.5 Å². The van der Waals surface area contributed by atoms with E-state index in [1.807, 2.05) is 60.6 Å². The van der Waals surface area contributed by atoms with Crippen molar-refractivity contribution in [2.24, 2.45) is 0 Å². The van der Waals surface area contributed by atoms with Crippen molar-refractivity contribution >= 4 is 22.6 Å². The van der Waals surface area contributed by atoms with Gasteiger partial charge in [0.05, 0.1) is 17.9 Å². The highest BCUT2D eigenvalue weighted by Gasteiger charge is 2.09. The Morgan fingerprint density at radius 1 is 0.938 bits per heavy atom. The second-order valence-electron chi connectivity index (χ2n) is 7.62. The van der Waals surface area contributed by atoms with E-state index in [9.17, 15) is 4.79 Å². The van der Waals surface area contributed by atoms with E-state index >= 15 is 0 Å². The molecule has 0 bridgehead atoms. The smallest absolute Gasteiger partial charge is 0.239 e. The van der Waals surface area contributed by atoms with Crippen molar-refractivity contribution in [3.63, 3.8) is 0 Å². The number of rotatable bonds is 7. The monoisotopic (exact) mass is 427 g/mol. The fourth-order valence-electron chi connectivity index (χ4n) is 3.21. The van der Waals surface area contributed by atoms with Gasteiger partial charge < -0.3 is 14.5 Å². The lowest BCUT2D eigenvalue weighted by Gasteiger charge is -2.22. The summed E-state index contributed by atoms with van der Waals surface area (Å²) in [5.74, 6) is 1.80. The molecule has 0 atom stereocenters. The van der Waals surface area contributed by atoms with E-state index in [0.29, 0.717) is 30.5 Å². The quantitative estimate of drug-likeness (QED) is 0.435. The Morgan fingerprint density at radius 2 is 1.72 bits per heavy atom. The van der Waals surface area contributed by atoms with Crippen LogP contribution in [0.5, 0.6) is 11.6 Å². The van der Waals surface area contributed by atoms with E-state index in [4.69, 9.17) is 4.74 Å². The summed E-state index contributed by atoms with van der Waals surface area (Å²) in [7, 11) is 3.69. The minimum atomic E-state index is 0.0319. The number of carbonyl (C=O) groups is 1. The van der Waals surface area contributed by atoms with Gasteiger partial charge in [0.1, 0.15) is 5.75 Å². The molecule has 7 nitrogen and oxygen atoms in total. The predicted molar refractivity (Wildman–Crippen MR) is 126 cm³/mol. The third kappa shape index (κ3) is 5.00. The van der Waals surface area contributed by atoms with Crippen molar-refractivity contribution in [2.75, 3.05) is 32.1 Å². The second kappa shape index (κ2) is 9.43. The Labute approximate surface area is 187 Å². The van der Waals surface area contributed by atoms with Crippen LogP contribution in [0.4, 0.5) is 5.82 Å². The van der Waals surface area contributed by atoms with Crippen LogP contribution in [0.2, 0.25) is 0 Å². The van der Waals surface area contributed by atoms with Gasteiger partial charge in [-0.1, -0.05) is 30.3 Å². The highest BCUT2D eigenvalue weighted by Crippen LogP contribution is 2.27. The van der Waals surface area contributed by atoms with Gasteiger partial charge in [-0.2, -0.15) is 4.98 Å². The number of benzene rings is 2. The van der Waals surface area contributed by atoms with E-state index in [1.165, 1.54) is 0 Å². The second-order valence-corrected chi connectivity index (χ2v) is 7.62. The number of hydrogen-bond donors (Lipinski definition) is 0. The van der Waals surface area contributed by atoms with Crippen molar-refractivity contribution in [3.05, 3.63) is 73.2 Å². The van der Waals surface area contributed by atoms with Crippen molar-refractivity contribution < 1.29 is 9.53 Å². The van der Waals surface area contributed by atoms with Crippen LogP contribution in [-0.2, 0) is 4.79 Å². The third-order valence-electron chi connectivity index (χ3n) is 5.30. The van der Waals surface area contributed by atoms with Gasteiger partial charge in [-0.15, -0.1) is 0 Å². The number of pyridine rings is 1. The molecule has 2 aromatic carbocycles. The van der Waals surface area contributed by atoms with E-state index in [2.05, 4.69) is 27.1 Å². The van der Waals surface area contributed by atoms with Crippen molar-refractivity contribution in [1.82, 2.24) is 19.9 Å². The molecule has 2 aromatic heterocycles. The molecular formula is C25H25N5O2. The fourth-order valence-corrected chi connectivity index (χ4v) is 3.21. The van der Waals surface area contributed by atoms with Crippen molar-refractivity contribution in [2.45, 2.75) is 6.92 Å². The molecule has 0 saturated carbocycles. The molecule has 32 heavy (non-hydrogen) atoms. The summed E-state index contributed by atoms with van der Waals surface area (Å²) in [5, 5.41) is 1.11. The van der Waals surface area contributed by atoms with Crippen LogP contribution >= 0.6 is 0 Å². The number of anilines is 1. The molecule has 4 aromatic rings. The summed E-state index contributed by atoms with van der Waals surface area (Å²) in [6.45, 7) is 2.79. The highest BCUT2D eigenvalue weighted by molar-refractivity contribution is 5.83. The summed E-state index contributed by atoms with van der Waals surface area (Å²) < 4.78 is 5.91. The number of para-hydroxylation sites is 1. The van der Waals surface area contributed by atoms with E-state index in [-0.39, 0.29) is 5.91 Å². The summed E-state index contributed by atoms with van der Waals surface area (Å²) in [6.07, 6.45) is 5.14. The van der Waals surface area contributed by atoms with Gasteiger partial charge in [-0.05, 0) is 29.8 Å². The van der Waals surface area contributed by atoms with Gasteiger partial charge in [-0.3, -0.25) is 14.8 Å². The maximum Gasteiger partial charge on any atom is 0.239 e. The Hall–Kier alpha value is -4.00. The largest absolute Gasteiger partial charge is 0.437 e. The molecule has 2 heterocycles. The minimum Gasteiger partial charge on any atom is -0.437 e. The van der Waals surface area contributed by atoms with Crippen LogP contribution in [0, 0.1) is 0 Å². The lowest BCUT2D eigenvalue weighted by molar-refractivity contribution is -0.127. The first-order valence-corrected chi connectivity index (χ1v) is 10.4. The molecule has 0 N–H and O–H groups in total. The zero-order valence-corrected chi connectivity index (χ0v) is 18.4. The average molecular weight is 428 g/mol. The number of aromatic nitrogens is 3.